The van der Waals surface area contributed by atoms with Crippen molar-refractivity contribution in [1.29, 1.82) is 0 Å². The third kappa shape index (κ3) is 28.8. The minimum Gasteiger partial charge on any atom is -0.387 e. The Hall–Kier alpha value is -1.14. The van der Waals surface area contributed by atoms with E-state index >= 15 is 0 Å². The number of rotatable bonds is 2. The molecule has 0 unspecified atom stereocenters. The Morgan fingerprint density at radius 2 is 1.10 bits per heavy atom. The molecule has 60 valence electrons. The van der Waals surface area contributed by atoms with Gasteiger partial charge in [0, 0.05) is 0 Å². The van der Waals surface area contributed by atoms with E-state index in [-0.39, 0.29) is 0 Å². The van der Waals surface area contributed by atoms with Crippen molar-refractivity contribution in [3.63, 3.8) is 0 Å². The van der Waals surface area contributed by atoms with Gasteiger partial charge >= 0.3 is 0 Å². The molecule has 0 spiro atoms. The number of hydrogen-bond donors (Lipinski definition) is 4. The van der Waals surface area contributed by atoms with E-state index in [0.29, 0.717) is 0 Å². The van der Waals surface area contributed by atoms with Gasteiger partial charge in [0.15, 0.2) is 0 Å². The summed E-state index contributed by atoms with van der Waals surface area (Å²) in [6.45, 7) is -1.11. The normalized spacial score (nSPS) is 7.40. The Morgan fingerprint density at radius 1 is 1.00 bits per heavy atom. The number of carbonyl (C=O) groups excluding carboxylic acids is 2. The highest BCUT2D eigenvalue weighted by molar-refractivity contribution is 5.74. The van der Waals surface area contributed by atoms with Crippen LogP contribution in [0.15, 0.2) is 0 Å². The Bertz CT molecular complexity index is 99.8. The zero-order valence-electron chi connectivity index (χ0n) is 5.28. The molecular weight excluding hydrogens is 140 g/mol. The Labute approximate surface area is 57.4 Å². The lowest BCUT2D eigenvalue weighted by Crippen LogP contribution is -2.14. The summed E-state index contributed by atoms with van der Waals surface area (Å²) in [6.07, 6.45) is 0. The summed E-state index contributed by atoms with van der Waals surface area (Å²) in [4.78, 5) is 18.7. The number of carbonyl (C=O) groups is 2. The molecule has 6 heteroatoms. The van der Waals surface area contributed by atoms with Crippen LogP contribution in [0.1, 0.15) is 0 Å². The van der Waals surface area contributed by atoms with Crippen LogP contribution in [0.2, 0.25) is 0 Å². The molecule has 10 heavy (non-hydrogen) atoms. The molecule has 0 saturated carbocycles. The highest BCUT2D eigenvalue weighted by Gasteiger charge is 1.79. The van der Waals surface area contributed by atoms with Crippen LogP contribution in [0.3, 0.4) is 0 Å². The monoisotopic (exact) mass is 150 g/mol. The van der Waals surface area contributed by atoms with Crippen molar-refractivity contribution in [2.45, 2.75) is 0 Å². The van der Waals surface area contributed by atoms with Crippen molar-refractivity contribution in [3.8, 4) is 0 Å². The van der Waals surface area contributed by atoms with Crippen LogP contribution >= 0.6 is 0 Å². The second kappa shape index (κ2) is 7.86. The average molecular weight is 150 g/mol. The summed E-state index contributed by atoms with van der Waals surface area (Å²) >= 11 is 0. The maximum atomic E-state index is 9.34. The summed E-state index contributed by atoms with van der Waals surface area (Å²) in [5, 5.41) is 15.3. The zero-order valence-corrected chi connectivity index (χ0v) is 5.28. The van der Waals surface area contributed by atoms with Crippen molar-refractivity contribution >= 4 is 11.8 Å². The number of primary amides is 2. The fraction of sp³-hybridized carbons (Fsp3) is 0.500. The van der Waals surface area contributed by atoms with Gasteiger partial charge in [-0.3, -0.25) is 9.59 Å². The number of aliphatic hydroxyl groups excluding tert-OH is 2. The molecule has 0 saturated heterocycles. The van der Waals surface area contributed by atoms with E-state index in [0.717, 1.165) is 0 Å². The highest BCUT2D eigenvalue weighted by Crippen LogP contribution is 1.42. The SMILES string of the molecule is NC(=O)CO.NC(=O)CO. The first-order valence-electron chi connectivity index (χ1n) is 2.33. The second-order valence-corrected chi connectivity index (χ2v) is 1.25. The minimum atomic E-state index is -0.690. The molecule has 2 amide bonds. The number of amides is 2. The van der Waals surface area contributed by atoms with Crippen molar-refractivity contribution < 1.29 is 19.8 Å². The molecule has 0 heterocycles. The molecule has 0 fully saturated rings. The van der Waals surface area contributed by atoms with Crippen LogP contribution in [0, 0.1) is 0 Å². The molecule has 0 bridgehead atoms. The Morgan fingerprint density at radius 3 is 1.10 bits per heavy atom. The molecular formula is C4H10N2O4. The smallest absolute Gasteiger partial charge is 0.243 e. The standard InChI is InChI=1S/2C2H5NO2/c2*3-2(5)1-4/h2*4H,1H2,(H2,3,5). The van der Waals surface area contributed by atoms with Crippen molar-refractivity contribution in [1.82, 2.24) is 0 Å². The topological polar surface area (TPSA) is 127 Å². The first kappa shape index (κ1) is 11.6. The summed E-state index contributed by atoms with van der Waals surface area (Å²) < 4.78 is 0. The van der Waals surface area contributed by atoms with E-state index in [1.54, 1.807) is 0 Å². The Balaban J connectivity index is 0. The van der Waals surface area contributed by atoms with E-state index in [9.17, 15) is 9.59 Å². The molecule has 6 N–H and O–H groups in total. The summed E-state index contributed by atoms with van der Waals surface area (Å²) in [5.41, 5.74) is 8.81. The van der Waals surface area contributed by atoms with E-state index in [2.05, 4.69) is 11.5 Å². The maximum Gasteiger partial charge on any atom is 0.243 e. The van der Waals surface area contributed by atoms with Gasteiger partial charge in [0.25, 0.3) is 0 Å². The van der Waals surface area contributed by atoms with Crippen molar-refractivity contribution in [3.05, 3.63) is 0 Å². The van der Waals surface area contributed by atoms with Crippen molar-refractivity contribution in [2.24, 2.45) is 11.5 Å². The van der Waals surface area contributed by atoms with E-state index in [4.69, 9.17) is 10.2 Å². The molecule has 0 aliphatic carbocycles. The van der Waals surface area contributed by atoms with Crippen LogP contribution in [0.4, 0.5) is 0 Å². The summed E-state index contributed by atoms with van der Waals surface area (Å²) in [7, 11) is 0. The van der Waals surface area contributed by atoms with Crippen LogP contribution in [0.5, 0.6) is 0 Å². The fourth-order valence-corrected chi connectivity index (χ4v) is 0. The molecule has 0 aliphatic rings. The first-order valence-corrected chi connectivity index (χ1v) is 2.33. The predicted molar refractivity (Wildman–Crippen MR) is 32.6 cm³/mol. The summed E-state index contributed by atoms with van der Waals surface area (Å²) in [6, 6.07) is 0. The Kier molecular flexibility index (Phi) is 9.14. The number of aliphatic hydroxyl groups is 2. The molecule has 0 rings (SSSR count). The lowest BCUT2D eigenvalue weighted by atomic mass is 10.7. The second-order valence-electron chi connectivity index (χ2n) is 1.25. The first-order chi connectivity index (χ1) is 4.54. The van der Waals surface area contributed by atoms with Gasteiger partial charge in [0.2, 0.25) is 11.8 Å². The molecule has 0 aromatic carbocycles. The van der Waals surface area contributed by atoms with Gasteiger partial charge in [-0.2, -0.15) is 0 Å². The minimum absolute atomic E-state index is 0.556. The predicted octanol–water partition coefficient (Wildman–Crippen LogP) is -3.07. The van der Waals surface area contributed by atoms with Gasteiger partial charge in [-0.25, -0.2) is 0 Å². The van der Waals surface area contributed by atoms with E-state index in [1.807, 2.05) is 0 Å². The molecule has 0 aromatic heterocycles. The van der Waals surface area contributed by atoms with Crippen LogP contribution in [-0.2, 0) is 9.59 Å². The van der Waals surface area contributed by atoms with Gasteiger partial charge < -0.3 is 21.7 Å². The number of nitrogens with two attached hydrogens (primary N) is 2. The van der Waals surface area contributed by atoms with Gasteiger partial charge in [-0.1, -0.05) is 0 Å². The quantitative estimate of drug-likeness (QED) is 0.333. The largest absolute Gasteiger partial charge is 0.387 e. The molecule has 0 atom stereocenters. The van der Waals surface area contributed by atoms with Gasteiger partial charge in [-0.05, 0) is 0 Å². The van der Waals surface area contributed by atoms with E-state index in [1.165, 1.54) is 0 Å². The summed E-state index contributed by atoms with van der Waals surface area (Å²) in [5.74, 6) is -1.38. The molecule has 0 radical (unpaired) electrons. The lowest BCUT2D eigenvalue weighted by molar-refractivity contribution is -0.121. The van der Waals surface area contributed by atoms with Crippen LogP contribution < -0.4 is 11.5 Å². The van der Waals surface area contributed by atoms with Crippen LogP contribution in [0.25, 0.3) is 0 Å². The molecule has 0 aliphatic heterocycles. The highest BCUT2D eigenvalue weighted by atomic mass is 16.3. The maximum absolute atomic E-state index is 9.34. The molecule has 6 nitrogen and oxygen atoms in total. The third-order valence-corrected chi connectivity index (χ3v) is 0.312. The van der Waals surface area contributed by atoms with E-state index < -0.39 is 25.0 Å². The zero-order chi connectivity index (χ0) is 8.57. The lowest BCUT2D eigenvalue weighted by Gasteiger charge is -1.73. The average Bonchev–Trinajstić information content (AvgIpc) is 1.89. The fourth-order valence-electron chi connectivity index (χ4n) is 0. The third-order valence-electron chi connectivity index (χ3n) is 0.312. The number of hydrogen-bond acceptors (Lipinski definition) is 4. The van der Waals surface area contributed by atoms with Crippen LogP contribution in [-0.4, -0.2) is 35.2 Å². The molecule has 0 aromatic rings. The van der Waals surface area contributed by atoms with Crippen molar-refractivity contribution in [2.75, 3.05) is 13.2 Å². The van der Waals surface area contributed by atoms with Gasteiger partial charge in [0.1, 0.15) is 13.2 Å². The van der Waals surface area contributed by atoms with Gasteiger partial charge in [0.05, 0.1) is 0 Å². The van der Waals surface area contributed by atoms with Gasteiger partial charge in [-0.15, -0.1) is 0 Å².